The van der Waals surface area contributed by atoms with Gasteiger partial charge in [-0.15, -0.1) is 0 Å². The van der Waals surface area contributed by atoms with Crippen LogP contribution in [-0.4, -0.2) is 48.9 Å². The number of carbonyl (C=O) groups excluding carboxylic acids is 2. The summed E-state index contributed by atoms with van der Waals surface area (Å²) in [4.78, 5) is 26.4. The molecule has 0 fully saturated rings. The van der Waals surface area contributed by atoms with Gasteiger partial charge in [0.15, 0.2) is 0 Å². The third-order valence-electron chi connectivity index (χ3n) is 3.97. The fourth-order valence-electron chi connectivity index (χ4n) is 2.87. The summed E-state index contributed by atoms with van der Waals surface area (Å²) in [5.41, 5.74) is 1.03. The lowest BCUT2D eigenvalue weighted by molar-refractivity contribution is -0.139. The maximum Gasteiger partial charge on any atom is 0.338 e. The van der Waals surface area contributed by atoms with E-state index in [0.717, 1.165) is 0 Å². The van der Waals surface area contributed by atoms with Crippen LogP contribution in [0.5, 0.6) is 5.75 Å². The van der Waals surface area contributed by atoms with E-state index in [1.54, 1.807) is 19.9 Å². The summed E-state index contributed by atoms with van der Waals surface area (Å²) < 4.78 is 10.5. The number of urea groups is 1. The van der Waals surface area contributed by atoms with Crippen molar-refractivity contribution in [3.8, 4) is 5.75 Å². The lowest BCUT2D eigenvalue weighted by Gasteiger charge is -2.35. The summed E-state index contributed by atoms with van der Waals surface area (Å²) in [5.74, 6) is -0.289. The molecule has 0 saturated heterocycles. The van der Waals surface area contributed by atoms with E-state index in [4.69, 9.17) is 32.7 Å². The zero-order valence-corrected chi connectivity index (χ0v) is 16.1. The molecule has 0 aliphatic carbocycles. The highest BCUT2D eigenvalue weighted by Crippen LogP contribution is 2.41. The van der Waals surface area contributed by atoms with Crippen LogP contribution >= 0.6 is 23.2 Å². The molecule has 2 N–H and O–H groups in total. The second-order valence-electron chi connectivity index (χ2n) is 5.49. The number of benzene rings is 1. The first kappa shape index (κ1) is 20.4. The summed E-state index contributed by atoms with van der Waals surface area (Å²) in [6.45, 7) is 3.26. The smallest absolute Gasteiger partial charge is 0.338 e. The first-order valence-electron chi connectivity index (χ1n) is 7.95. The summed E-state index contributed by atoms with van der Waals surface area (Å²) in [6, 6.07) is 1.76. The molecule has 1 aliphatic rings. The lowest BCUT2D eigenvalue weighted by Crippen LogP contribution is -2.49. The highest BCUT2D eigenvalue weighted by atomic mass is 35.5. The molecule has 142 valence electrons. The van der Waals surface area contributed by atoms with Crippen molar-refractivity contribution >= 4 is 35.2 Å². The van der Waals surface area contributed by atoms with E-state index in [0.29, 0.717) is 22.0 Å². The monoisotopic (exact) mass is 402 g/mol. The second kappa shape index (κ2) is 8.62. The van der Waals surface area contributed by atoms with Crippen LogP contribution in [0.25, 0.3) is 0 Å². The number of β-amino-alcohol motifs (C(OH)–C–C–N with tert-alkyl or cyclic N) is 1. The number of rotatable bonds is 6. The molecule has 0 spiro atoms. The molecule has 1 heterocycles. The van der Waals surface area contributed by atoms with Crippen molar-refractivity contribution in [1.82, 2.24) is 10.2 Å². The van der Waals surface area contributed by atoms with Gasteiger partial charge < -0.3 is 19.9 Å². The highest BCUT2D eigenvalue weighted by Gasteiger charge is 2.38. The van der Waals surface area contributed by atoms with Gasteiger partial charge >= 0.3 is 12.0 Å². The Kier molecular flexibility index (Phi) is 6.75. The number of ether oxygens (including phenoxy) is 2. The molecule has 2 amide bonds. The summed E-state index contributed by atoms with van der Waals surface area (Å²) in [7, 11) is 1.43. The van der Waals surface area contributed by atoms with E-state index in [-0.39, 0.29) is 30.4 Å². The summed E-state index contributed by atoms with van der Waals surface area (Å²) in [5, 5.41) is 12.5. The molecule has 1 aromatic carbocycles. The van der Waals surface area contributed by atoms with E-state index in [1.807, 2.05) is 0 Å². The van der Waals surface area contributed by atoms with Crippen LogP contribution in [-0.2, 0) is 9.53 Å². The van der Waals surface area contributed by atoms with Crippen LogP contribution < -0.4 is 10.1 Å². The predicted octanol–water partition coefficient (Wildman–Crippen LogP) is 2.90. The van der Waals surface area contributed by atoms with Gasteiger partial charge in [-0.25, -0.2) is 9.59 Å². The molecule has 1 aliphatic heterocycles. The van der Waals surface area contributed by atoms with Crippen molar-refractivity contribution < 1.29 is 24.2 Å². The summed E-state index contributed by atoms with van der Waals surface area (Å²) in [6.07, 6.45) is 0. The van der Waals surface area contributed by atoms with Crippen LogP contribution in [0.4, 0.5) is 4.79 Å². The zero-order valence-electron chi connectivity index (χ0n) is 14.6. The lowest BCUT2D eigenvalue weighted by atomic mass is 9.94. The van der Waals surface area contributed by atoms with Crippen LogP contribution in [0.15, 0.2) is 23.4 Å². The number of hydrogen-bond donors (Lipinski definition) is 2. The molecular formula is C17H20Cl2N2O5. The molecule has 7 nitrogen and oxygen atoms in total. The van der Waals surface area contributed by atoms with Gasteiger partial charge in [0.2, 0.25) is 0 Å². The van der Waals surface area contributed by atoms with Crippen molar-refractivity contribution in [3.05, 3.63) is 39.0 Å². The minimum atomic E-state index is -0.859. The molecule has 1 atom stereocenters. The van der Waals surface area contributed by atoms with E-state index >= 15 is 0 Å². The number of esters is 1. The maximum atomic E-state index is 12.6. The predicted molar refractivity (Wildman–Crippen MR) is 97.4 cm³/mol. The quantitative estimate of drug-likeness (QED) is 0.714. The number of allylic oxidation sites excluding steroid dienone is 1. The third-order valence-corrected chi connectivity index (χ3v) is 4.47. The van der Waals surface area contributed by atoms with Gasteiger partial charge in [0.05, 0.1) is 43.5 Å². The Morgan fingerprint density at radius 2 is 2.08 bits per heavy atom. The van der Waals surface area contributed by atoms with Gasteiger partial charge in [0.1, 0.15) is 5.75 Å². The van der Waals surface area contributed by atoms with Crippen LogP contribution in [0.3, 0.4) is 0 Å². The molecule has 0 saturated carbocycles. The molecule has 1 aromatic rings. The Hall–Kier alpha value is -1.96. The molecule has 26 heavy (non-hydrogen) atoms. The zero-order chi connectivity index (χ0) is 19.4. The Bertz CT molecular complexity index is 751. The number of amides is 2. The number of aliphatic hydroxyl groups excluding tert-OH is 1. The van der Waals surface area contributed by atoms with Crippen LogP contribution in [0.2, 0.25) is 10.0 Å². The standard InChI is InChI=1S/C17H20Cl2N2O5/c1-4-26-16(23)13-9(2)21(5-6-22)17(24)20-14(13)11-7-10(18)8-12(19)15(11)25-3/h7-8,14,22H,4-6H2,1-3H3,(H,20,24)/t14-/m0/s1. The average molecular weight is 403 g/mol. The van der Waals surface area contributed by atoms with Gasteiger partial charge in [-0.05, 0) is 26.0 Å². The maximum absolute atomic E-state index is 12.6. The number of halogens is 2. The Morgan fingerprint density at radius 3 is 2.65 bits per heavy atom. The highest BCUT2D eigenvalue weighted by molar-refractivity contribution is 6.35. The Balaban J connectivity index is 2.66. The Labute approximate surface area is 161 Å². The fourth-order valence-corrected chi connectivity index (χ4v) is 3.45. The van der Waals surface area contributed by atoms with Crippen LogP contribution in [0.1, 0.15) is 25.5 Å². The molecular weight excluding hydrogens is 383 g/mol. The Morgan fingerprint density at radius 1 is 1.38 bits per heavy atom. The number of aliphatic hydroxyl groups is 1. The van der Waals surface area contributed by atoms with Crippen molar-refractivity contribution in [2.75, 3.05) is 26.9 Å². The average Bonchev–Trinajstić information content (AvgIpc) is 2.57. The SMILES string of the molecule is CCOC(=O)C1=C(C)N(CCO)C(=O)N[C@H]1c1cc(Cl)cc(Cl)c1OC. The minimum absolute atomic E-state index is 0.0424. The van der Waals surface area contributed by atoms with E-state index in [1.165, 1.54) is 18.1 Å². The molecule has 0 bridgehead atoms. The van der Waals surface area contributed by atoms with E-state index in [9.17, 15) is 14.7 Å². The number of carbonyl (C=O) groups is 2. The number of methoxy groups -OCH3 is 1. The van der Waals surface area contributed by atoms with Gasteiger partial charge in [0.25, 0.3) is 0 Å². The fraction of sp³-hybridized carbons (Fsp3) is 0.412. The molecule has 0 radical (unpaired) electrons. The van der Waals surface area contributed by atoms with E-state index < -0.39 is 18.0 Å². The minimum Gasteiger partial charge on any atom is -0.495 e. The number of nitrogens with zero attached hydrogens (tertiary/aromatic N) is 1. The van der Waals surface area contributed by atoms with Crippen LogP contribution in [0, 0.1) is 0 Å². The normalized spacial score (nSPS) is 17.2. The molecule has 2 rings (SSSR count). The van der Waals surface area contributed by atoms with Crippen molar-refractivity contribution in [2.24, 2.45) is 0 Å². The van der Waals surface area contributed by atoms with E-state index in [2.05, 4.69) is 5.32 Å². The van der Waals surface area contributed by atoms with Crippen molar-refractivity contribution in [3.63, 3.8) is 0 Å². The molecule has 0 aromatic heterocycles. The second-order valence-corrected chi connectivity index (χ2v) is 6.33. The van der Waals surface area contributed by atoms with Gasteiger partial charge in [-0.3, -0.25) is 4.90 Å². The first-order chi connectivity index (χ1) is 12.3. The summed E-state index contributed by atoms with van der Waals surface area (Å²) >= 11 is 12.3. The molecule has 9 heteroatoms. The largest absolute Gasteiger partial charge is 0.495 e. The first-order valence-corrected chi connectivity index (χ1v) is 8.70. The molecule has 0 unspecified atom stereocenters. The number of nitrogens with one attached hydrogen (secondary N) is 1. The third kappa shape index (κ3) is 3.90. The topological polar surface area (TPSA) is 88.1 Å². The van der Waals surface area contributed by atoms with Crippen molar-refractivity contribution in [1.29, 1.82) is 0 Å². The number of hydrogen-bond acceptors (Lipinski definition) is 5. The van der Waals surface area contributed by atoms with Gasteiger partial charge in [-0.1, -0.05) is 23.2 Å². The van der Waals surface area contributed by atoms with Gasteiger partial charge in [-0.2, -0.15) is 0 Å². The van der Waals surface area contributed by atoms with Gasteiger partial charge in [0, 0.05) is 16.3 Å². The van der Waals surface area contributed by atoms with Crippen molar-refractivity contribution in [2.45, 2.75) is 19.9 Å².